The quantitative estimate of drug-likeness (QED) is 0.737. The molecule has 0 aliphatic carbocycles. The zero-order chi connectivity index (χ0) is 15.5. The van der Waals surface area contributed by atoms with Crippen LogP contribution in [0, 0.1) is 13.8 Å². The summed E-state index contributed by atoms with van der Waals surface area (Å²) >= 11 is 0. The van der Waals surface area contributed by atoms with Crippen LogP contribution in [-0.2, 0) is 10.0 Å². The molecule has 0 bridgehead atoms. The number of anilines is 1. The number of aromatic nitrogens is 1. The Morgan fingerprint density at radius 1 is 1.19 bits per heavy atom. The van der Waals surface area contributed by atoms with Gasteiger partial charge in [-0.25, -0.2) is 13.2 Å². The zero-order valence-corrected chi connectivity index (χ0v) is 12.2. The third-order valence-corrected chi connectivity index (χ3v) is 4.06. The lowest BCUT2D eigenvalue weighted by atomic mass is 10.3. The summed E-state index contributed by atoms with van der Waals surface area (Å²) in [6, 6.07) is 7.90. The van der Waals surface area contributed by atoms with Gasteiger partial charge < -0.3 is 9.84 Å². The topological polar surface area (TPSA) is 113 Å². The average Bonchev–Trinajstić information content (AvgIpc) is 2.78. The Morgan fingerprint density at radius 2 is 1.86 bits per heavy atom. The van der Waals surface area contributed by atoms with Gasteiger partial charge in [0.2, 0.25) is 0 Å². The van der Waals surface area contributed by atoms with Crippen LogP contribution in [0.3, 0.4) is 0 Å². The number of aryl methyl sites for hydroxylation is 2. The van der Waals surface area contributed by atoms with Gasteiger partial charge in [-0.05, 0) is 26.0 Å². The summed E-state index contributed by atoms with van der Waals surface area (Å²) in [5, 5.41) is 6.03. The fraction of sp³-hybridized carbons (Fsp3) is 0.167. The van der Waals surface area contributed by atoms with Gasteiger partial charge in [-0.1, -0.05) is 23.4 Å². The maximum Gasteiger partial charge on any atom is 0.334 e. The largest absolute Gasteiger partial charge is 0.360 e. The number of benzene rings is 1. The van der Waals surface area contributed by atoms with Crippen LogP contribution in [0.25, 0.3) is 0 Å². The van der Waals surface area contributed by atoms with Crippen molar-refractivity contribution < 1.29 is 17.7 Å². The minimum absolute atomic E-state index is 0.0949. The minimum Gasteiger partial charge on any atom is -0.360 e. The van der Waals surface area contributed by atoms with Crippen LogP contribution in [0.1, 0.15) is 11.5 Å². The molecular weight excluding hydrogens is 296 g/mol. The second kappa shape index (κ2) is 5.94. The zero-order valence-electron chi connectivity index (χ0n) is 11.4. The molecule has 0 saturated heterocycles. The molecule has 0 fully saturated rings. The van der Waals surface area contributed by atoms with Crippen molar-refractivity contribution in [1.82, 2.24) is 15.4 Å². The highest BCUT2D eigenvalue weighted by molar-refractivity contribution is 7.89. The number of carbonyl (C=O) groups excluding carboxylic acids is 1. The highest BCUT2D eigenvalue weighted by atomic mass is 32.2. The first kappa shape index (κ1) is 15.0. The molecule has 3 N–H and O–H groups in total. The Bertz CT molecular complexity index is 720. The van der Waals surface area contributed by atoms with Gasteiger partial charge in [0.15, 0.2) is 5.76 Å². The standard InChI is InChI=1S/C12H14N4O4S/c1-8-11(9(2)20-15-8)21(18,19)16-14-12(17)13-10-6-4-3-5-7-10/h3-7,16H,1-2H3,(H2,13,14,17). The second-order valence-corrected chi connectivity index (χ2v) is 5.82. The number of carbonyl (C=O) groups is 1. The highest BCUT2D eigenvalue weighted by Crippen LogP contribution is 2.17. The molecule has 0 radical (unpaired) electrons. The van der Waals surface area contributed by atoms with E-state index in [4.69, 9.17) is 4.52 Å². The molecule has 0 aliphatic heterocycles. The van der Waals surface area contributed by atoms with Crippen molar-refractivity contribution in [3.8, 4) is 0 Å². The monoisotopic (exact) mass is 310 g/mol. The van der Waals surface area contributed by atoms with Crippen LogP contribution in [-0.4, -0.2) is 19.6 Å². The fourth-order valence-electron chi connectivity index (χ4n) is 1.71. The lowest BCUT2D eigenvalue weighted by molar-refractivity contribution is 0.250. The van der Waals surface area contributed by atoms with Gasteiger partial charge >= 0.3 is 6.03 Å². The Kier molecular flexibility index (Phi) is 4.24. The molecule has 2 rings (SSSR count). The molecule has 2 aromatic rings. The van der Waals surface area contributed by atoms with E-state index in [0.29, 0.717) is 5.69 Å². The molecule has 1 aromatic carbocycles. The average molecular weight is 310 g/mol. The molecule has 1 aromatic heterocycles. The number of para-hydroxylation sites is 1. The Labute approximate surface area is 121 Å². The van der Waals surface area contributed by atoms with E-state index in [1.165, 1.54) is 13.8 Å². The number of sulfonamides is 1. The normalized spacial score (nSPS) is 11.1. The summed E-state index contributed by atoms with van der Waals surface area (Å²) in [4.78, 5) is 13.5. The van der Waals surface area contributed by atoms with E-state index in [9.17, 15) is 13.2 Å². The van der Waals surface area contributed by atoms with Crippen molar-refractivity contribution >= 4 is 21.7 Å². The second-order valence-electron chi connectivity index (χ2n) is 4.20. The van der Waals surface area contributed by atoms with Crippen molar-refractivity contribution in [3.05, 3.63) is 41.8 Å². The highest BCUT2D eigenvalue weighted by Gasteiger charge is 2.24. The van der Waals surface area contributed by atoms with Crippen LogP contribution in [0.4, 0.5) is 10.5 Å². The third kappa shape index (κ3) is 3.58. The van der Waals surface area contributed by atoms with E-state index in [-0.39, 0.29) is 16.3 Å². The molecule has 8 nitrogen and oxygen atoms in total. The smallest absolute Gasteiger partial charge is 0.334 e. The number of hydrogen-bond acceptors (Lipinski definition) is 5. The molecular formula is C12H14N4O4S. The lowest BCUT2D eigenvalue weighted by Crippen LogP contribution is -2.44. The molecule has 9 heteroatoms. The molecule has 1 heterocycles. The van der Waals surface area contributed by atoms with Crippen LogP contribution in [0.5, 0.6) is 0 Å². The molecule has 112 valence electrons. The fourth-order valence-corrected chi connectivity index (χ4v) is 2.88. The summed E-state index contributed by atoms with van der Waals surface area (Å²) in [6.45, 7) is 2.97. The van der Waals surface area contributed by atoms with E-state index in [1.54, 1.807) is 30.3 Å². The van der Waals surface area contributed by atoms with Crippen molar-refractivity contribution in [3.63, 3.8) is 0 Å². The van der Waals surface area contributed by atoms with Gasteiger partial charge in [0, 0.05) is 5.69 Å². The van der Waals surface area contributed by atoms with Gasteiger partial charge in [-0.2, -0.15) is 0 Å². The number of urea groups is 1. The van der Waals surface area contributed by atoms with E-state index in [2.05, 4.69) is 15.9 Å². The summed E-state index contributed by atoms with van der Waals surface area (Å²) < 4.78 is 28.9. The van der Waals surface area contributed by atoms with Gasteiger partial charge in [0.1, 0.15) is 10.6 Å². The summed E-state index contributed by atoms with van der Waals surface area (Å²) in [6.07, 6.45) is 0. The summed E-state index contributed by atoms with van der Waals surface area (Å²) in [5.74, 6) is 0.144. The summed E-state index contributed by atoms with van der Waals surface area (Å²) in [5.41, 5.74) is 2.80. The first-order valence-corrected chi connectivity index (χ1v) is 7.45. The van der Waals surface area contributed by atoms with Crippen LogP contribution in [0.15, 0.2) is 39.8 Å². The van der Waals surface area contributed by atoms with Crippen LogP contribution >= 0.6 is 0 Å². The van der Waals surface area contributed by atoms with Crippen molar-refractivity contribution in [2.45, 2.75) is 18.7 Å². The Balaban J connectivity index is 2.01. The maximum atomic E-state index is 12.0. The van der Waals surface area contributed by atoms with Gasteiger partial charge in [0.25, 0.3) is 10.0 Å². The number of hydrazine groups is 1. The molecule has 2 amide bonds. The van der Waals surface area contributed by atoms with Gasteiger partial charge in [0.05, 0.1) is 0 Å². The van der Waals surface area contributed by atoms with E-state index in [1.807, 2.05) is 4.83 Å². The van der Waals surface area contributed by atoms with E-state index in [0.717, 1.165) is 0 Å². The molecule has 0 aliphatic rings. The number of rotatable bonds is 4. The first-order chi connectivity index (χ1) is 9.90. The SMILES string of the molecule is Cc1noc(C)c1S(=O)(=O)NNC(=O)Nc1ccccc1. The molecule has 0 spiro atoms. The van der Waals surface area contributed by atoms with Crippen molar-refractivity contribution in [2.75, 3.05) is 5.32 Å². The Morgan fingerprint density at radius 3 is 2.43 bits per heavy atom. The Hall–Kier alpha value is -2.39. The molecule has 0 saturated carbocycles. The van der Waals surface area contributed by atoms with Crippen molar-refractivity contribution in [1.29, 1.82) is 0 Å². The van der Waals surface area contributed by atoms with Crippen LogP contribution in [0.2, 0.25) is 0 Å². The third-order valence-electron chi connectivity index (χ3n) is 2.57. The summed E-state index contributed by atoms with van der Waals surface area (Å²) in [7, 11) is -3.94. The molecule has 0 unspecified atom stereocenters. The number of nitrogens with zero attached hydrogens (tertiary/aromatic N) is 1. The minimum atomic E-state index is -3.94. The first-order valence-electron chi connectivity index (χ1n) is 5.97. The lowest BCUT2D eigenvalue weighted by Gasteiger charge is -2.09. The van der Waals surface area contributed by atoms with Crippen molar-refractivity contribution in [2.24, 2.45) is 0 Å². The van der Waals surface area contributed by atoms with Gasteiger partial charge in [-0.3, -0.25) is 5.43 Å². The number of amides is 2. The van der Waals surface area contributed by atoms with E-state index >= 15 is 0 Å². The van der Waals surface area contributed by atoms with E-state index < -0.39 is 16.1 Å². The van der Waals surface area contributed by atoms with Gasteiger partial charge in [-0.15, -0.1) is 4.83 Å². The molecule has 21 heavy (non-hydrogen) atoms. The number of hydrogen-bond donors (Lipinski definition) is 3. The maximum absolute atomic E-state index is 12.0. The predicted octanol–water partition coefficient (Wildman–Crippen LogP) is 1.31. The number of nitrogens with one attached hydrogen (secondary N) is 3. The predicted molar refractivity (Wildman–Crippen MR) is 74.9 cm³/mol. The molecule has 0 atom stereocenters. The van der Waals surface area contributed by atoms with Crippen LogP contribution < -0.4 is 15.6 Å².